The minimum Gasteiger partial charge on any atom is -0.335 e. The summed E-state index contributed by atoms with van der Waals surface area (Å²) in [6.45, 7) is 2.32. The first kappa shape index (κ1) is 15.9. The Morgan fingerprint density at radius 1 is 1.31 bits per heavy atom. The second kappa shape index (κ2) is 6.37. The van der Waals surface area contributed by atoms with Crippen LogP contribution in [0.2, 0.25) is 0 Å². The van der Waals surface area contributed by atoms with Crippen LogP contribution in [0, 0.1) is 18.3 Å². The number of aryl methyl sites for hydroxylation is 1. The number of fused-ring (bicyclic) bond motifs is 3. The number of rotatable bonds is 3. The highest BCUT2D eigenvalue weighted by Gasteiger charge is 2.28. The molecule has 0 saturated heterocycles. The molecule has 128 valence electrons. The Morgan fingerprint density at radius 3 is 2.96 bits per heavy atom. The maximum atomic E-state index is 12.3. The molecule has 0 radical (unpaired) electrons. The Labute approximate surface area is 151 Å². The number of hydrogen-bond donors (Lipinski definition) is 2. The van der Waals surface area contributed by atoms with E-state index in [-0.39, 0.29) is 12.1 Å². The summed E-state index contributed by atoms with van der Waals surface area (Å²) >= 11 is 0. The predicted molar refractivity (Wildman–Crippen MR) is 98.7 cm³/mol. The zero-order valence-electron chi connectivity index (χ0n) is 14.2. The number of imidazole rings is 1. The van der Waals surface area contributed by atoms with Crippen molar-refractivity contribution in [2.24, 2.45) is 0 Å². The zero-order valence-corrected chi connectivity index (χ0v) is 14.2. The molecule has 26 heavy (non-hydrogen) atoms. The van der Waals surface area contributed by atoms with Crippen LogP contribution >= 0.6 is 0 Å². The molecule has 0 spiro atoms. The third-order valence-corrected chi connectivity index (χ3v) is 4.66. The fraction of sp³-hybridized carbons (Fsp3) is 0.150. The van der Waals surface area contributed by atoms with Crippen LogP contribution in [0.15, 0.2) is 55.0 Å². The van der Waals surface area contributed by atoms with Crippen molar-refractivity contribution in [2.75, 3.05) is 11.9 Å². The molecule has 2 N–H and O–H groups in total. The number of carbonyl (C=O) groups is 1. The van der Waals surface area contributed by atoms with E-state index in [1.807, 2.05) is 25.3 Å². The third kappa shape index (κ3) is 2.70. The second-order valence-electron chi connectivity index (χ2n) is 6.27. The van der Waals surface area contributed by atoms with Crippen molar-refractivity contribution >= 4 is 11.7 Å². The number of aromatic nitrogens is 2. The summed E-state index contributed by atoms with van der Waals surface area (Å²) in [5.41, 5.74) is 5.51. The van der Waals surface area contributed by atoms with Gasteiger partial charge in [0.2, 0.25) is 0 Å². The van der Waals surface area contributed by atoms with Crippen LogP contribution < -0.4 is 10.6 Å². The first-order valence-corrected chi connectivity index (χ1v) is 8.34. The van der Waals surface area contributed by atoms with Gasteiger partial charge in [0.1, 0.15) is 0 Å². The van der Waals surface area contributed by atoms with Gasteiger partial charge in [-0.1, -0.05) is 24.3 Å². The topological polar surface area (TPSA) is 82.7 Å². The molecule has 0 bridgehead atoms. The predicted octanol–water partition coefficient (Wildman–Crippen LogP) is 3.45. The molecule has 2 heterocycles. The zero-order chi connectivity index (χ0) is 18.1. The number of anilines is 1. The van der Waals surface area contributed by atoms with Crippen LogP contribution in [0.25, 0.3) is 11.3 Å². The molecule has 0 saturated carbocycles. The molecular weight excluding hydrogens is 326 g/mol. The molecule has 2 aromatic carbocycles. The highest BCUT2D eigenvalue weighted by atomic mass is 16.2. The molecule has 2 amide bonds. The van der Waals surface area contributed by atoms with E-state index < -0.39 is 0 Å². The Kier molecular flexibility index (Phi) is 3.90. The van der Waals surface area contributed by atoms with E-state index in [2.05, 4.69) is 38.4 Å². The maximum absolute atomic E-state index is 12.3. The smallest absolute Gasteiger partial charge is 0.319 e. The average molecular weight is 343 g/mol. The Balaban J connectivity index is 1.47. The monoisotopic (exact) mass is 343 g/mol. The quantitative estimate of drug-likeness (QED) is 0.764. The Hall–Kier alpha value is -3.59. The molecule has 1 aliphatic rings. The van der Waals surface area contributed by atoms with E-state index in [0.29, 0.717) is 17.8 Å². The summed E-state index contributed by atoms with van der Waals surface area (Å²) in [6.07, 6.45) is 3.64. The normalized spacial score (nSPS) is 14.2. The summed E-state index contributed by atoms with van der Waals surface area (Å²) < 4.78 is 2.08. The fourth-order valence-electron chi connectivity index (χ4n) is 3.37. The van der Waals surface area contributed by atoms with Gasteiger partial charge < -0.3 is 15.2 Å². The molecule has 0 aliphatic carbocycles. The second-order valence-corrected chi connectivity index (χ2v) is 6.27. The van der Waals surface area contributed by atoms with Gasteiger partial charge in [-0.3, -0.25) is 0 Å². The van der Waals surface area contributed by atoms with Gasteiger partial charge in [0.25, 0.3) is 0 Å². The van der Waals surface area contributed by atoms with Gasteiger partial charge in [-0.2, -0.15) is 5.26 Å². The first-order valence-electron chi connectivity index (χ1n) is 8.34. The lowest BCUT2D eigenvalue weighted by Gasteiger charge is -2.16. The molecular formula is C20H17N5O. The van der Waals surface area contributed by atoms with Gasteiger partial charge in [0, 0.05) is 17.8 Å². The highest BCUT2D eigenvalue weighted by Crippen LogP contribution is 2.38. The van der Waals surface area contributed by atoms with E-state index >= 15 is 0 Å². The molecule has 1 unspecified atom stereocenters. The fourth-order valence-corrected chi connectivity index (χ4v) is 3.37. The number of amides is 2. The van der Waals surface area contributed by atoms with Crippen molar-refractivity contribution in [3.05, 3.63) is 71.7 Å². The largest absolute Gasteiger partial charge is 0.335 e. The van der Waals surface area contributed by atoms with Gasteiger partial charge in [-0.05, 0) is 36.2 Å². The van der Waals surface area contributed by atoms with Crippen molar-refractivity contribution < 1.29 is 4.79 Å². The molecule has 6 heteroatoms. The number of nitrogens with one attached hydrogen (secondary N) is 2. The van der Waals surface area contributed by atoms with Crippen LogP contribution in [0.4, 0.5) is 10.5 Å². The number of benzene rings is 2. The molecule has 4 rings (SSSR count). The summed E-state index contributed by atoms with van der Waals surface area (Å²) in [6, 6.07) is 15.2. The molecule has 6 nitrogen and oxygen atoms in total. The maximum Gasteiger partial charge on any atom is 0.319 e. The van der Waals surface area contributed by atoms with E-state index in [0.717, 1.165) is 16.8 Å². The van der Waals surface area contributed by atoms with Gasteiger partial charge in [0.05, 0.1) is 35.9 Å². The lowest BCUT2D eigenvalue weighted by atomic mass is 10.0. The molecule has 0 fully saturated rings. The van der Waals surface area contributed by atoms with Gasteiger partial charge in [-0.25, -0.2) is 9.78 Å². The van der Waals surface area contributed by atoms with Crippen LogP contribution in [0.5, 0.6) is 0 Å². The summed E-state index contributed by atoms with van der Waals surface area (Å²) in [7, 11) is 0. The van der Waals surface area contributed by atoms with Gasteiger partial charge >= 0.3 is 6.03 Å². The summed E-state index contributed by atoms with van der Waals surface area (Å²) in [5.74, 6) is 0. The van der Waals surface area contributed by atoms with Crippen LogP contribution in [-0.4, -0.2) is 22.1 Å². The standard InChI is InChI=1S/C20H17N5O/c1-13-8-14(9-21)6-7-17(13)24-20(26)23-11-19-16-5-3-2-4-15(16)18-10-22-12-25(18)19/h2-8,10,12,19H,11H2,1H3,(H2,23,24,26). The van der Waals surface area contributed by atoms with Gasteiger partial charge in [0.15, 0.2) is 0 Å². The van der Waals surface area contributed by atoms with Crippen molar-refractivity contribution in [1.82, 2.24) is 14.9 Å². The Bertz CT molecular complexity index is 1030. The molecule has 3 aromatic rings. The van der Waals surface area contributed by atoms with Crippen LogP contribution in [0.3, 0.4) is 0 Å². The summed E-state index contributed by atoms with van der Waals surface area (Å²) in [5, 5.41) is 14.7. The lowest BCUT2D eigenvalue weighted by molar-refractivity contribution is 0.251. The van der Waals surface area contributed by atoms with Crippen molar-refractivity contribution in [1.29, 1.82) is 5.26 Å². The van der Waals surface area contributed by atoms with Crippen LogP contribution in [0.1, 0.15) is 22.7 Å². The average Bonchev–Trinajstić information content (AvgIpc) is 3.23. The highest BCUT2D eigenvalue weighted by molar-refractivity contribution is 5.90. The number of nitriles is 1. The van der Waals surface area contributed by atoms with E-state index in [1.54, 1.807) is 24.5 Å². The van der Waals surface area contributed by atoms with Gasteiger partial charge in [-0.15, -0.1) is 0 Å². The number of hydrogen-bond acceptors (Lipinski definition) is 3. The minimum atomic E-state index is -0.274. The first-order chi connectivity index (χ1) is 12.7. The van der Waals surface area contributed by atoms with Crippen molar-refractivity contribution in [2.45, 2.75) is 13.0 Å². The number of urea groups is 1. The minimum absolute atomic E-state index is 0.0245. The third-order valence-electron chi connectivity index (χ3n) is 4.66. The van der Waals surface area contributed by atoms with E-state index in [9.17, 15) is 4.79 Å². The van der Waals surface area contributed by atoms with Crippen molar-refractivity contribution in [3.63, 3.8) is 0 Å². The van der Waals surface area contributed by atoms with Crippen molar-refractivity contribution in [3.8, 4) is 17.3 Å². The lowest BCUT2D eigenvalue weighted by Crippen LogP contribution is -2.33. The Morgan fingerprint density at radius 2 is 2.15 bits per heavy atom. The van der Waals surface area contributed by atoms with E-state index in [4.69, 9.17) is 5.26 Å². The summed E-state index contributed by atoms with van der Waals surface area (Å²) in [4.78, 5) is 16.5. The SMILES string of the molecule is Cc1cc(C#N)ccc1NC(=O)NCC1c2ccccc2-c2cncn21. The number of nitrogens with zero attached hydrogens (tertiary/aromatic N) is 3. The molecule has 1 aromatic heterocycles. The number of carbonyl (C=O) groups excluding carboxylic acids is 1. The molecule has 1 aliphatic heterocycles. The van der Waals surface area contributed by atoms with E-state index in [1.165, 1.54) is 5.56 Å². The van der Waals surface area contributed by atoms with Crippen LogP contribution in [-0.2, 0) is 0 Å². The molecule has 1 atom stereocenters.